The zero-order valence-corrected chi connectivity index (χ0v) is 15.1. The van der Waals surface area contributed by atoms with Crippen LogP contribution in [-0.2, 0) is 12.8 Å². The Bertz CT molecular complexity index is 886. The van der Waals surface area contributed by atoms with Crippen LogP contribution in [0.25, 0.3) is 5.69 Å². The summed E-state index contributed by atoms with van der Waals surface area (Å²) in [6.45, 7) is 3.07. The van der Waals surface area contributed by atoms with Crippen molar-refractivity contribution in [2.75, 3.05) is 11.9 Å². The van der Waals surface area contributed by atoms with E-state index in [1.54, 1.807) is 0 Å². The van der Waals surface area contributed by atoms with Gasteiger partial charge in [0.25, 0.3) is 0 Å². The largest absolute Gasteiger partial charge is 0.370 e. The Morgan fingerprint density at radius 1 is 1.20 bits per heavy atom. The Morgan fingerprint density at radius 2 is 2.12 bits per heavy atom. The van der Waals surface area contributed by atoms with Crippen molar-refractivity contribution in [1.29, 1.82) is 0 Å². The highest BCUT2D eigenvalue weighted by molar-refractivity contribution is 6.30. The van der Waals surface area contributed by atoms with Crippen molar-refractivity contribution in [3.05, 3.63) is 70.1 Å². The second kappa shape index (κ2) is 6.89. The Hall–Kier alpha value is -2.33. The van der Waals surface area contributed by atoms with Crippen molar-refractivity contribution in [3.8, 4) is 5.69 Å². The molecule has 0 saturated heterocycles. The summed E-state index contributed by atoms with van der Waals surface area (Å²) in [5, 5.41) is 9.27. The van der Waals surface area contributed by atoms with E-state index in [2.05, 4.69) is 23.3 Å². The predicted molar refractivity (Wildman–Crippen MR) is 102 cm³/mol. The van der Waals surface area contributed by atoms with Crippen LogP contribution in [0.3, 0.4) is 0 Å². The summed E-state index contributed by atoms with van der Waals surface area (Å²) in [4.78, 5) is 4.47. The quantitative estimate of drug-likeness (QED) is 0.751. The normalized spacial score (nSPS) is 13.8. The standard InChI is InChI=1S/C20H21ClN4/c1-14-8-9-15(21)12-19(14)25-20-17(7-3-5-11-23-20)18(24-25)13-16-6-2-4-10-22-16/h2,4,6,8-10,12,23H,3,5,7,11,13H2,1H3. The van der Waals surface area contributed by atoms with E-state index in [0.29, 0.717) is 0 Å². The molecule has 1 aromatic carbocycles. The molecule has 0 atom stereocenters. The molecule has 4 rings (SSSR count). The average Bonchev–Trinajstić information content (AvgIpc) is 2.80. The molecule has 1 aliphatic heterocycles. The molecule has 0 fully saturated rings. The number of hydrogen-bond donors (Lipinski definition) is 1. The molecule has 3 heterocycles. The van der Waals surface area contributed by atoms with Gasteiger partial charge in [0, 0.05) is 35.4 Å². The fourth-order valence-electron chi connectivity index (χ4n) is 3.37. The summed E-state index contributed by atoms with van der Waals surface area (Å²) in [6, 6.07) is 12.0. The molecule has 1 aliphatic rings. The molecule has 5 heteroatoms. The molecule has 128 valence electrons. The van der Waals surface area contributed by atoms with Gasteiger partial charge in [-0.15, -0.1) is 0 Å². The lowest BCUT2D eigenvalue weighted by Crippen LogP contribution is -2.08. The molecule has 0 radical (unpaired) electrons. The van der Waals surface area contributed by atoms with Gasteiger partial charge in [-0.25, -0.2) is 4.68 Å². The number of nitrogens with one attached hydrogen (secondary N) is 1. The van der Waals surface area contributed by atoms with Crippen molar-refractivity contribution >= 4 is 17.4 Å². The Morgan fingerprint density at radius 3 is 2.96 bits per heavy atom. The highest BCUT2D eigenvalue weighted by atomic mass is 35.5. The number of nitrogens with zero attached hydrogens (tertiary/aromatic N) is 3. The summed E-state index contributed by atoms with van der Waals surface area (Å²) < 4.78 is 2.03. The third-order valence-corrected chi connectivity index (χ3v) is 4.92. The Labute approximate surface area is 152 Å². The van der Waals surface area contributed by atoms with E-state index in [9.17, 15) is 0 Å². The maximum Gasteiger partial charge on any atom is 0.133 e. The SMILES string of the molecule is Cc1ccc(Cl)cc1-n1nc(Cc2ccccn2)c2c1NCCCC2. The van der Waals surface area contributed by atoms with Crippen molar-refractivity contribution < 1.29 is 0 Å². The lowest BCUT2D eigenvalue weighted by Gasteiger charge is -2.12. The minimum absolute atomic E-state index is 0.727. The first kappa shape index (κ1) is 16.2. The summed E-state index contributed by atoms with van der Waals surface area (Å²) in [6.07, 6.45) is 5.98. The van der Waals surface area contributed by atoms with E-state index < -0.39 is 0 Å². The number of rotatable bonds is 3. The molecule has 0 saturated carbocycles. The molecule has 3 aromatic rings. The number of fused-ring (bicyclic) bond motifs is 1. The molecule has 0 bridgehead atoms. The fourth-order valence-corrected chi connectivity index (χ4v) is 3.54. The van der Waals surface area contributed by atoms with Crippen LogP contribution in [0.4, 0.5) is 5.82 Å². The van der Waals surface area contributed by atoms with Crippen LogP contribution in [0.15, 0.2) is 42.6 Å². The van der Waals surface area contributed by atoms with Crippen molar-refractivity contribution in [2.45, 2.75) is 32.6 Å². The van der Waals surface area contributed by atoms with Crippen LogP contribution in [-0.4, -0.2) is 21.3 Å². The number of pyridine rings is 1. The van der Waals surface area contributed by atoms with E-state index in [1.807, 2.05) is 41.2 Å². The highest BCUT2D eigenvalue weighted by Gasteiger charge is 2.21. The van der Waals surface area contributed by atoms with Crippen LogP contribution in [0.5, 0.6) is 0 Å². The Kier molecular flexibility index (Phi) is 4.45. The average molecular weight is 353 g/mol. The summed E-state index contributed by atoms with van der Waals surface area (Å²) >= 11 is 6.25. The van der Waals surface area contributed by atoms with Gasteiger partial charge in [-0.3, -0.25) is 4.98 Å². The topological polar surface area (TPSA) is 42.7 Å². The van der Waals surface area contributed by atoms with Crippen LogP contribution in [0.2, 0.25) is 5.02 Å². The van der Waals surface area contributed by atoms with Crippen LogP contribution in [0.1, 0.15) is 35.4 Å². The van der Waals surface area contributed by atoms with Gasteiger partial charge < -0.3 is 5.32 Å². The van der Waals surface area contributed by atoms with E-state index in [4.69, 9.17) is 16.7 Å². The Balaban J connectivity index is 1.83. The maximum absolute atomic E-state index is 6.25. The van der Waals surface area contributed by atoms with Crippen molar-refractivity contribution in [1.82, 2.24) is 14.8 Å². The molecule has 0 unspecified atom stereocenters. The molecule has 4 nitrogen and oxygen atoms in total. The summed E-state index contributed by atoms with van der Waals surface area (Å²) in [7, 11) is 0. The van der Waals surface area contributed by atoms with Gasteiger partial charge in [-0.1, -0.05) is 23.7 Å². The number of aryl methyl sites for hydroxylation is 1. The molecular formula is C20H21ClN4. The van der Waals surface area contributed by atoms with Gasteiger partial charge in [0.05, 0.1) is 11.4 Å². The first-order valence-electron chi connectivity index (χ1n) is 8.73. The number of hydrogen-bond acceptors (Lipinski definition) is 3. The molecule has 1 N–H and O–H groups in total. The molecule has 0 spiro atoms. The third kappa shape index (κ3) is 3.27. The molecule has 2 aromatic heterocycles. The summed E-state index contributed by atoms with van der Waals surface area (Å²) in [5.41, 5.74) is 5.64. The van der Waals surface area contributed by atoms with Gasteiger partial charge in [0.15, 0.2) is 0 Å². The number of benzene rings is 1. The number of anilines is 1. The van der Waals surface area contributed by atoms with Crippen molar-refractivity contribution in [3.63, 3.8) is 0 Å². The maximum atomic E-state index is 6.25. The zero-order chi connectivity index (χ0) is 17.2. The number of halogens is 1. The van der Waals surface area contributed by atoms with E-state index in [-0.39, 0.29) is 0 Å². The minimum Gasteiger partial charge on any atom is -0.370 e. The second-order valence-corrected chi connectivity index (χ2v) is 6.93. The second-order valence-electron chi connectivity index (χ2n) is 6.50. The summed E-state index contributed by atoms with van der Waals surface area (Å²) in [5.74, 6) is 1.11. The lowest BCUT2D eigenvalue weighted by atomic mass is 10.1. The minimum atomic E-state index is 0.727. The van der Waals surface area contributed by atoms with E-state index in [0.717, 1.165) is 52.9 Å². The fraction of sp³-hybridized carbons (Fsp3) is 0.300. The van der Waals surface area contributed by atoms with Gasteiger partial charge >= 0.3 is 0 Å². The number of aromatic nitrogens is 3. The molecule has 25 heavy (non-hydrogen) atoms. The molecule has 0 amide bonds. The van der Waals surface area contributed by atoms with E-state index >= 15 is 0 Å². The molecule has 0 aliphatic carbocycles. The third-order valence-electron chi connectivity index (χ3n) is 4.69. The highest BCUT2D eigenvalue weighted by Crippen LogP contribution is 2.31. The zero-order valence-electron chi connectivity index (χ0n) is 14.3. The van der Waals surface area contributed by atoms with Crippen LogP contribution >= 0.6 is 11.6 Å². The monoisotopic (exact) mass is 352 g/mol. The molecular weight excluding hydrogens is 332 g/mol. The van der Waals surface area contributed by atoms with Gasteiger partial charge in [0.1, 0.15) is 5.82 Å². The van der Waals surface area contributed by atoms with Crippen LogP contribution in [0, 0.1) is 6.92 Å². The van der Waals surface area contributed by atoms with Gasteiger partial charge in [-0.05, 0) is 56.0 Å². The first-order valence-corrected chi connectivity index (χ1v) is 9.11. The lowest BCUT2D eigenvalue weighted by molar-refractivity contribution is 0.765. The first-order chi connectivity index (χ1) is 12.2. The van der Waals surface area contributed by atoms with E-state index in [1.165, 1.54) is 18.4 Å². The van der Waals surface area contributed by atoms with Crippen molar-refractivity contribution in [2.24, 2.45) is 0 Å². The smallest absolute Gasteiger partial charge is 0.133 e. The predicted octanol–water partition coefficient (Wildman–Crippen LogP) is 4.57. The van der Waals surface area contributed by atoms with Crippen LogP contribution < -0.4 is 5.32 Å². The van der Waals surface area contributed by atoms with Gasteiger partial charge in [0.2, 0.25) is 0 Å². The van der Waals surface area contributed by atoms with Gasteiger partial charge in [-0.2, -0.15) is 5.10 Å².